The molecule has 0 bridgehead atoms. The van der Waals surface area contributed by atoms with Crippen molar-refractivity contribution in [3.05, 3.63) is 224 Å². The number of hydrogen-bond acceptors (Lipinski definition) is 2. The summed E-state index contributed by atoms with van der Waals surface area (Å²) in [6.07, 6.45) is 6.41. The lowest BCUT2D eigenvalue weighted by atomic mass is 9.80. The van der Waals surface area contributed by atoms with Crippen LogP contribution in [0.1, 0.15) is 43.6 Å². The zero-order valence-corrected chi connectivity index (χ0v) is 35.8. The predicted octanol–water partition coefficient (Wildman–Crippen LogP) is 18.1. The molecule has 12 rings (SSSR count). The second kappa shape index (κ2) is 16.2. The third-order valence-corrected chi connectivity index (χ3v) is 13.7. The Morgan fingerprint density at radius 2 is 1.00 bits per heavy atom. The van der Waals surface area contributed by atoms with Gasteiger partial charge in [0, 0.05) is 27.6 Å². The van der Waals surface area contributed by atoms with Gasteiger partial charge in [-0.25, -0.2) is 0 Å². The Balaban J connectivity index is 1.13. The number of para-hydroxylation sites is 2. The first-order valence-electron chi connectivity index (χ1n) is 22.9. The van der Waals surface area contributed by atoms with Crippen molar-refractivity contribution in [2.24, 2.45) is 0 Å². The van der Waals surface area contributed by atoms with Crippen LogP contribution in [0, 0.1) is 0 Å². The van der Waals surface area contributed by atoms with Crippen molar-refractivity contribution < 1.29 is 4.42 Å². The highest BCUT2D eigenvalue weighted by Gasteiger charge is 2.25. The Labute approximate surface area is 374 Å². The summed E-state index contributed by atoms with van der Waals surface area (Å²) < 4.78 is 6.28. The number of benzene rings is 10. The van der Waals surface area contributed by atoms with Crippen molar-refractivity contribution in [3.63, 3.8) is 0 Å². The molecule has 306 valence electrons. The second-order valence-electron chi connectivity index (χ2n) is 17.4. The zero-order valence-electron chi connectivity index (χ0n) is 35.8. The molecular weight excluding hydrogens is 775 g/mol. The number of fused-ring (bicyclic) bond motifs is 5. The van der Waals surface area contributed by atoms with Crippen molar-refractivity contribution >= 4 is 60.5 Å². The quantitative estimate of drug-likeness (QED) is 0.152. The van der Waals surface area contributed by atoms with E-state index >= 15 is 0 Å². The highest BCUT2D eigenvalue weighted by molar-refractivity contribution is 6.07. The molecule has 0 aliphatic heterocycles. The molecule has 0 N–H and O–H groups in total. The minimum atomic E-state index is 0.560. The predicted molar refractivity (Wildman–Crippen MR) is 271 cm³/mol. The van der Waals surface area contributed by atoms with Gasteiger partial charge in [-0.15, -0.1) is 0 Å². The summed E-state index contributed by atoms with van der Waals surface area (Å²) in [7, 11) is 0. The number of rotatable bonds is 8. The van der Waals surface area contributed by atoms with Gasteiger partial charge in [-0.1, -0.05) is 195 Å². The van der Waals surface area contributed by atoms with Crippen LogP contribution in [0.4, 0.5) is 17.1 Å². The van der Waals surface area contributed by atoms with E-state index in [1.54, 1.807) is 0 Å². The molecular formula is C62H47NO. The molecule has 1 heterocycles. The molecule has 0 atom stereocenters. The van der Waals surface area contributed by atoms with Crippen molar-refractivity contribution in [2.45, 2.75) is 38.0 Å². The minimum Gasteiger partial charge on any atom is -0.456 e. The topological polar surface area (TPSA) is 16.4 Å². The second-order valence-corrected chi connectivity index (χ2v) is 17.4. The first kappa shape index (κ1) is 38.0. The largest absolute Gasteiger partial charge is 0.456 e. The Morgan fingerprint density at radius 3 is 1.89 bits per heavy atom. The summed E-state index contributed by atoms with van der Waals surface area (Å²) in [4.78, 5) is 2.53. The molecule has 10 aromatic carbocycles. The van der Waals surface area contributed by atoms with Gasteiger partial charge >= 0.3 is 0 Å². The maximum atomic E-state index is 6.28. The van der Waals surface area contributed by atoms with E-state index in [0.29, 0.717) is 5.92 Å². The molecule has 64 heavy (non-hydrogen) atoms. The molecule has 1 aliphatic rings. The average Bonchev–Trinajstić information content (AvgIpc) is 3.75. The van der Waals surface area contributed by atoms with Crippen LogP contribution in [0.5, 0.6) is 0 Å². The summed E-state index contributed by atoms with van der Waals surface area (Å²) >= 11 is 0. The average molecular weight is 822 g/mol. The van der Waals surface area contributed by atoms with Gasteiger partial charge in [0.25, 0.3) is 0 Å². The van der Waals surface area contributed by atoms with E-state index in [0.717, 1.165) is 55.7 Å². The lowest BCUT2D eigenvalue weighted by Gasteiger charge is -2.31. The van der Waals surface area contributed by atoms with E-state index in [1.165, 1.54) is 87.0 Å². The van der Waals surface area contributed by atoms with E-state index in [2.05, 4.69) is 217 Å². The first-order valence-corrected chi connectivity index (χ1v) is 22.9. The van der Waals surface area contributed by atoms with Gasteiger partial charge in [0.15, 0.2) is 0 Å². The lowest BCUT2D eigenvalue weighted by molar-refractivity contribution is 0.445. The fourth-order valence-electron chi connectivity index (χ4n) is 10.6. The first-order chi connectivity index (χ1) is 31.7. The summed E-state index contributed by atoms with van der Waals surface area (Å²) in [5, 5.41) is 7.41. The summed E-state index contributed by atoms with van der Waals surface area (Å²) in [6, 6.07) is 80.3. The lowest BCUT2D eigenvalue weighted by Crippen LogP contribution is -2.13. The van der Waals surface area contributed by atoms with Crippen molar-refractivity contribution in [2.75, 3.05) is 4.90 Å². The third kappa shape index (κ3) is 6.74. The molecule has 2 nitrogen and oxygen atoms in total. The van der Waals surface area contributed by atoms with Gasteiger partial charge in [0.2, 0.25) is 0 Å². The zero-order chi connectivity index (χ0) is 42.4. The fraction of sp³-hybridized carbons (Fsp3) is 0.0968. The molecule has 0 radical (unpaired) electrons. The summed E-state index contributed by atoms with van der Waals surface area (Å²) in [5.74, 6) is 0.560. The third-order valence-electron chi connectivity index (χ3n) is 13.7. The van der Waals surface area contributed by atoms with E-state index in [9.17, 15) is 0 Å². The van der Waals surface area contributed by atoms with Crippen LogP contribution in [-0.4, -0.2) is 0 Å². The molecule has 0 spiro atoms. The Kier molecular flexibility index (Phi) is 9.64. The Hall–Kier alpha value is -7.68. The molecule has 11 aromatic rings. The monoisotopic (exact) mass is 821 g/mol. The molecule has 1 fully saturated rings. The fourth-order valence-corrected chi connectivity index (χ4v) is 10.6. The van der Waals surface area contributed by atoms with Crippen LogP contribution in [0.15, 0.2) is 223 Å². The van der Waals surface area contributed by atoms with Gasteiger partial charge in [0.05, 0.1) is 11.4 Å². The normalized spacial score (nSPS) is 13.2. The highest BCUT2D eigenvalue weighted by Crippen LogP contribution is 2.49. The van der Waals surface area contributed by atoms with Crippen LogP contribution in [0.2, 0.25) is 0 Å². The Morgan fingerprint density at radius 1 is 0.359 bits per heavy atom. The minimum absolute atomic E-state index is 0.560. The number of nitrogens with zero attached hydrogens (tertiary/aromatic N) is 1. The van der Waals surface area contributed by atoms with E-state index < -0.39 is 0 Å². The molecule has 0 amide bonds. The molecule has 0 unspecified atom stereocenters. The van der Waals surface area contributed by atoms with Gasteiger partial charge in [0.1, 0.15) is 11.2 Å². The molecule has 1 aliphatic carbocycles. The molecule has 0 saturated heterocycles. The maximum absolute atomic E-state index is 6.28. The highest BCUT2D eigenvalue weighted by atomic mass is 16.3. The van der Waals surface area contributed by atoms with Crippen LogP contribution in [0.25, 0.3) is 88.0 Å². The van der Waals surface area contributed by atoms with Crippen LogP contribution in [-0.2, 0) is 0 Å². The SMILES string of the molecule is c1ccc(-c2ccc(-c3cccc4ccccc34)cc2N(c2cccc(-c3ccc4oc5ccccc5c4c3)c2)c2ccccc2-c2cccc3cccc(C4CCCCC4)c23)cc1. The summed E-state index contributed by atoms with van der Waals surface area (Å²) in [5.41, 5.74) is 16.1. The smallest absolute Gasteiger partial charge is 0.135 e. The molecule has 2 heteroatoms. The van der Waals surface area contributed by atoms with Crippen LogP contribution < -0.4 is 4.90 Å². The van der Waals surface area contributed by atoms with Crippen molar-refractivity contribution in [1.82, 2.24) is 0 Å². The molecule has 1 aromatic heterocycles. The van der Waals surface area contributed by atoms with Crippen molar-refractivity contribution in [3.8, 4) is 44.5 Å². The van der Waals surface area contributed by atoms with E-state index in [4.69, 9.17) is 4.42 Å². The molecule has 1 saturated carbocycles. The van der Waals surface area contributed by atoms with Crippen LogP contribution >= 0.6 is 0 Å². The van der Waals surface area contributed by atoms with Gasteiger partial charge in [-0.3, -0.25) is 0 Å². The Bertz CT molecular complexity index is 3490. The standard InChI is InChI=1S/C62H47NO/c1-3-17-43(18-4-1)52-37-35-48(51-30-14-22-42-21-7-8-27-50(42)51)41-59(52)63(49-26-13-25-46(39-49)47-36-38-61-57(40-47)55-29-10-12-34-60(55)64-61)58-33-11-9-28-54(58)56-32-16-24-45-23-15-31-53(62(45)56)44-19-5-2-6-20-44/h1,3-4,7-18,21-41,44H,2,5-6,19-20H2. The van der Waals surface area contributed by atoms with Crippen molar-refractivity contribution in [1.29, 1.82) is 0 Å². The number of anilines is 3. The van der Waals surface area contributed by atoms with Crippen LogP contribution in [0.3, 0.4) is 0 Å². The maximum Gasteiger partial charge on any atom is 0.135 e. The number of furan rings is 1. The van der Waals surface area contributed by atoms with Gasteiger partial charge < -0.3 is 9.32 Å². The summed E-state index contributed by atoms with van der Waals surface area (Å²) in [6.45, 7) is 0. The van der Waals surface area contributed by atoms with Gasteiger partial charge in [-0.05, 0) is 122 Å². The van der Waals surface area contributed by atoms with E-state index in [-0.39, 0.29) is 0 Å². The van der Waals surface area contributed by atoms with Gasteiger partial charge in [-0.2, -0.15) is 0 Å². The number of hydrogen-bond donors (Lipinski definition) is 0. The van der Waals surface area contributed by atoms with E-state index in [1.807, 2.05) is 6.07 Å².